The second-order valence-electron chi connectivity index (χ2n) is 7.35. The molecule has 0 amide bonds. The van der Waals surface area contributed by atoms with E-state index in [1.54, 1.807) is 0 Å². The van der Waals surface area contributed by atoms with Crippen LogP contribution < -0.4 is 0 Å². The quantitative estimate of drug-likeness (QED) is 0.704. The lowest BCUT2D eigenvalue weighted by atomic mass is 9.92. The van der Waals surface area contributed by atoms with Crippen molar-refractivity contribution in [1.82, 2.24) is 0 Å². The van der Waals surface area contributed by atoms with Crippen LogP contribution in [0.5, 0.6) is 0 Å². The molecule has 2 rings (SSSR count). The molecule has 0 aromatic heterocycles. The van der Waals surface area contributed by atoms with Gasteiger partial charge in [0.2, 0.25) is 0 Å². The average Bonchev–Trinajstić information content (AvgIpc) is 2.61. The molecule has 0 radical (unpaired) electrons. The fourth-order valence-corrected chi connectivity index (χ4v) is 3.07. The Morgan fingerprint density at radius 2 is 1.22 bits per heavy atom. The fraction of sp³-hybridized carbons (Fsp3) is 0.458. The predicted octanol–water partition coefficient (Wildman–Crippen LogP) is 5.53. The van der Waals surface area contributed by atoms with Gasteiger partial charge in [0.15, 0.2) is 0 Å². The van der Waals surface area contributed by atoms with Gasteiger partial charge in [-0.2, -0.15) is 0 Å². The van der Waals surface area contributed by atoms with Crippen molar-refractivity contribution in [3.63, 3.8) is 0 Å². The maximum Gasteiger partial charge on any atom is 0.302 e. The van der Waals surface area contributed by atoms with Crippen molar-refractivity contribution in [3.8, 4) is 0 Å². The molecule has 3 nitrogen and oxygen atoms in total. The summed E-state index contributed by atoms with van der Waals surface area (Å²) in [5.74, 6) is 0.240. The van der Waals surface area contributed by atoms with E-state index in [-0.39, 0.29) is 30.0 Å². The Balaban J connectivity index is 0.000000277. The molecule has 4 atom stereocenters. The minimum Gasteiger partial charge on any atom is -0.462 e. The topological polar surface area (TPSA) is 46.5 Å². The zero-order chi connectivity index (χ0) is 20.6. The summed E-state index contributed by atoms with van der Waals surface area (Å²) in [5.41, 5.74) is 4.98. The molecule has 0 aliphatic rings. The third-order valence-corrected chi connectivity index (χ3v) is 5.14. The first-order chi connectivity index (χ1) is 12.6. The molecule has 148 valence electrons. The summed E-state index contributed by atoms with van der Waals surface area (Å²) in [6, 6.07) is 16.4. The molecule has 0 unspecified atom stereocenters. The van der Waals surface area contributed by atoms with Crippen LogP contribution in [0.1, 0.15) is 68.7 Å². The van der Waals surface area contributed by atoms with E-state index in [0.717, 1.165) is 0 Å². The molecule has 0 bridgehead atoms. The Morgan fingerprint density at radius 3 is 1.59 bits per heavy atom. The summed E-state index contributed by atoms with van der Waals surface area (Å²) < 4.78 is 5.18. The number of benzene rings is 2. The van der Waals surface area contributed by atoms with Gasteiger partial charge in [-0.15, -0.1) is 0 Å². The summed E-state index contributed by atoms with van der Waals surface area (Å²) in [6.07, 6.45) is -0.352. The Hall–Kier alpha value is -2.13. The maximum atomic E-state index is 10.9. The van der Waals surface area contributed by atoms with E-state index in [4.69, 9.17) is 4.74 Å². The van der Waals surface area contributed by atoms with Crippen molar-refractivity contribution in [1.29, 1.82) is 0 Å². The number of aryl methyl sites for hydroxylation is 2. The predicted molar refractivity (Wildman–Crippen MR) is 112 cm³/mol. The Kier molecular flexibility index (Phi) is 9.23. The molecule has 2 aromatic carbocycles. The first-order valence-electron chi connectivity index (χ1n) is 9.61. The van der Waals surface area contributed by atoms with Gasteiger partial charge in [0.05, 0.1) is 6.10 Å². The fourth-order valence-electron chi connectivity index (χ4n) is 3.07. The number of carbonyl (C=O) groups is 1. The number of hydrogen-bond donors (Lipinski definition) is 1. The standard InChI is InChI=1S/C13H18O2.C11H16O/c1-9-7-5-6-8-13(9)10(2)11(3)15-12(4)14;1-8-6-4-5-7-11(8)9(2)10(3)12/h5-8,10-11H,1-4H3;4-7,9-10,12H,1-3H3/t10-,11+;9-,10+/m01/s1. The summed E-state index contributed by atoms with van der Waals surface area (Å²) in [6.45, 7) is 13.5. The molecule has 0 saturated heterocycles. The number of aliphatic hydroxyl groups excluding tert-OH is 1. The molecule has 0 aliphatic carbocycles. The molecular formula is C24H34O3. The number of hydrogen-bond acceptors (Lipinski definition) is 3. The van der Waals surface area contributed by atoms with E-state index >= 15 is 0 Å². The first kappa shape index (κ1) is 22.9. The van der Waals surface area contributed by atoms with Crippen LogP contribution in [0.2, 0.25) is 0 Å². The number of carbonyl (C=O) groups excluding carboxylic acids is 1. The van der Waals surface area contributed by atoms with E-state index in [1.165, 1.54) is 29.2 Å². The Morgan fingerprint density at radius 1 is 0.815 bits per heavy atom. The molecule has 0 spiro atoms. The zero-order valence-corrected chi connectivity index (χ0v) is 17.7. The van der Waals surface area contributed by atoms with Gasteiger partial charge >= 0.3 is 5.97 Å². The molecule has 27 heavy (non-hydrogen) atoms. The third-order valence-electron chi connectivity index (χ3n) is 5.14. The van der Waals surface area contributed by atoms with Gasteiger partial charge in [-0.1, -0.05) is 62.4 Å². The van der Waals surface area contributed by atoms with Crippen molar-refractivity contribution in [2.75, 3.05) is 0 Å². The van der Waals surface area contributed by atoms with Crippen molar-refractivity contribution < 1.29 is 14.6 Å². The first-order valence-corrected chi connectivity index (χ1v) is 9.61. The van der Waals surface area contributed by atoms with Crippen molar-refractivity contribution >= 4 is 5.97 Å². The van der Waals surface area contributed by atoms with Crippen molar-refractivity contribution in [2.45, 2.75) is 72.5 Å². The lowest BCUT2D eigenvalue weighted by Crippen LogP contribution is -2.19. The molecule has 3 heteroatoms. The highest BCUT2D eigenvalue weighted by molar-refractivity contribution is 5.66. The van der Waals surface area contributed by atoms with E-state index in [1.807, 2.05) is 45.0 Å². The van der Waals surface area contributed by atoms with Crippen LogP contribution in [0.25, 0.3) is 0 Å². The van der Waals surface area contributed by atoms with Gasteiger partial charge in [0.1, 0.15) is 6.10 Å². The lowest BCUT2D eigenvalue weighted by Gasteiger charge is -2.21. The van der Waals surface area contributed by atoms with Crippen LogP contribution >= 0.6 is 0 Å². The lowest BCUT2D eigenvalue weighted by molar-refractivity contribution is -0.146. The minimum atomic E-state index is -0.272. The Labute approximate surface area is 164 Å². The average molecular weight is 371 g/mol. The zero-order valence-electron chi connectivity index (χ0n) is 17.7. The van der Waals surface area contributed by atoms with Gasteiger partial charge < -0.3 is 9.84 Å². The van der Waals surface area contributed by atoms with E-state index in [2.05, 4.69) is 45.0 Å². The molecule has 2 aromatic rings. The van der Waals surface area contributed by atoms with Crippen LogP contribution in [0.4, 0.5) is 0 Å². The third kappa shape index (κ3) is 7.18. The number of esters is 1. The van der Waals surface area contributed by atoms with E-state index in [9.17, 15) is 9.90 Å². The Bertz CT molecular complexity index is 721. The smallest absolute Gasteiger partial charge is 0.302 e. The van der Waals surface area contributed by atoms with Crippen LogP contribution in [0, 0.1) is 13.8 Å². The number of ether oxygens (including phenoxy) is 1. The summed E-state index contributed by atoms with van der Waals surface area (Å²) in [7, 11) is 0. The molecule has 0 saturated carbocycles. The molecule has 0 aliphatic heterocycles. The maximum absolute atomic E-state index is 10.9. The highest BCUT2D eigenvalue weighted by Gasteiger charge is 2.18. The normalized spacial score (nSPS) is 15.0. The van der Waals surface area contributed by atoms with Crippen LogP contribution in [0.15, 0.2) is 48.5 Å². The van der Waals surface area contributed by atoms with Crippen molar-refractivity contribution in [3.05, 3.63) is 70.8 Å². The second kappa shape index (κ2) is 10.9. The van der Waals surface area contributed by atoms with Crippen LogP contribution in [-0.2, 0) is 9.53 Å². The minimum absolute atomic E-state index is 0.0800. The molecular weight excluding hydrogens is 336 g/mol. The van der Waals surface area contributed by atoms with Crippen LogP contribution in [-0.4, -0.2) is 23.3 Å². The monoisotopic (exact) mass is 370 g/mol. The number of aliphatic hydroxyl groups is 1. The second-order valence-corrected chi connectivity index (χ2v) is 7.35. The summed E-state index contributed by atoms with van der Waals surface area (Å²) in [4.78, 5) is 10.9. The largest absolute Gasteiger partial charge is 0.462 e. The van der Waals surface area contributed by atoms with Gasteiger partial charge in [-0.25, -0.2) is 0 Å². The number of rotatable bonds is 5. The van der Waals surface area contributed by atoms with Gasteiger partial charge in [0.25, 0.3) is 0 Å². The van der Waals surface area contributed by atoms with E-state index in [0.29, 0.717) is 0 Å². The van der Waals surface area contributed by atoms with Gasteiger partial charge in [-0.05, 0) is 49.9 Å². The highest BCUT2D eigenvalue weighted by Crippen LogP contribution is 2.24. The SMILES string of the molecule is CC(=O)O[C@H](C)[C@H](C)c1ccccc1C.Cc1ccccc1[C@H](C)[C@H](C)O. The summed E-state index contributed by atoms with van der Waals surface area (Å²) in [5, 5.41) is 9.40. The molecule has 0 heterocycles. The highest BCUT2D eigenvalue weighted by atomic mass is 16.5. The van der Waals surface area contributed by atoms with Gasteiger partial charge in [0, 0.05) is 18.8 Å². The summed E-state index contributed by atoms with van der Waals surface area (Å²) >= 11 is 0. The van der Waals surface area contributed by atoms with E-state index < -0.39 is 0 Å². The van der Waals surface area contributed by atoms with Crippen LogP contribution in [0.3, 0.4) is 0 Å². The van der Waals surface area contributed by atoms with Gasteiger partial charge in [-0.3, -0.25) is 4.79 Å². The van der Waals surface area contributed by atoms with Crippen molar-refractivity contribution in [2.24, 2.45) is 0 Å². The molecule has 0 fully saturated rings. The molecule has 1 N–H and O–H groups in total.